The van der Waals surface area contributed by atoms with E-state index in [0.29, 0.717) is 31.0 Å². The Balaban J connectivity index is 1.34. The van der Waals surface area contributed by atoms with Crippen molar-refractivity contribution >= 4 is 0 Å². The fraction of sp³-hybridized carbons (Fsp3) is 0.118. The van der Waals surface area contributed by atoms with Crippen LogP contribution in [0.4, 0.5) is 43.9 Å². The average Bonchev–Trinajstić information content (AvgIpc) is 2.99. The van der Waals surface area contributed by atoms with Crippen molar-refractivity contribution in [2.45, 2.75) is 25.1 Å². The Hall–Kier alpha value is -5.20. The molecule has 1 heterocycles. The van der Waals surface area contributed by atoms with Gasteiger partial charge in [0.2, 0.25) is 0 Å². The van der Waals surface area contributed by atoms with Gasteiger partial charge in [-0.15, -0.1) is 6.58 Å². The van der Waals surface area contributed by atoms with Crippen molar-refractivity contribution in [3.05, 3.63) is 138 Å². The van der Waals surface area contributed by atoms with Crippen molar-refractivity contribution < 1.29 is 48.6 Å². The molecular formula is C34H20F10N2O. The lowest BCUT2D eigenvalue weighted by Crippen LogP contribution is -2.23. The number of halogens is 10. The maximum atomic E-state index is 15.0. The standard InChI is InChI=1S/C34H20F10N2O/c1-2-3-4-18-16-45-32(46-17-18)20-6-10-25(28(37)12-20)34(43,44)47-22-7-9-23(27(36)15-22)19-5-8-24(26(35)11-19)21-13-29(38)31(30(39)14-21)33(40,41)42/h2,5-17H,1,3-4H2. The number of rotatable bonds is 9. The third-order valence-corrected chi connectivity index (χ3v) is 6.99. The van der Waals surface area contributed by atoms with E-state index < -0.39 is 69.4 Å². The normalized spacial score (nSPS) is 11.9. The Kier molecular flexibility index (Phi) is 9.10. The van der Waals surface area contributed by atoms with E-state index in [-0.39, 0.29) is 22.5 Å². The second-order valence-corrected chi connectivity index (χ2v) is 10.2. The summed E-state index contributed by atoms with van der Waals surface area (Å²) in [7, 11) is 0. The molecule has 1 aromatic heterocycles. The number of hydrogen-bond donors (Lipinski definition) is 0. The van der Waals surface area contributed by atoms with Gasteiger partial charge in [0.1, 0.15) is 40.4 Å². The van der Waals surface area contributed by atoms with E-state index >= 15 is 4.39 Å². The van der Waals surface area contributed by atoms with Gasteiger partial charge >= 0.3 is 12.3 Å². The van der Waals surface area contributed by atoms with Crippen LogP contribution >= 0.6 is 0 Å². The largest absolute Gasteiger partial charge is 0.429 e. The first-order chi connectivity index (χ1) is 22.2. The summed E-state index contributed by atoms with van der Waals surface area (Å²) in [6.45, 7) is 3.62. The van der Waals surface area contributed by atoms with Gasteiger partial charge in [0.15, 0.2) is 5.82 Å². The van der Waals surface area contributed by atoms with Crippen molar-refractivity contribution in [3.8, 4) is 39.4 Å². The lowest BCUT2D eigenvalue weighted by Gasteiger charge is -2.19. The van der Waals surface area contributed by atoms with Crippen LogP contribution in [-0.2, 0) is 18.7 Å². The highest BCUT2D eigenvalue weighted by Gasteiger charge is 2.39. The number of hydrogen-bond acceptors (Lipinski definition) is 3. The topological polar surface area (TPSA) is 35.0 Å². The molecule has 5 rings (SSSR count). The number of aromatic nitrogens is 2. The molecule has 13 heteroatoms. The molecule has 0 bridgehead atoms. The molecule has 3 nitrogen and oxygen atoms in total. The Morgan fingerprint density at radius 2 is 1.19 bits per heavy atom. The maximum Gasteiger partial charge on any atom is 0.429 e. The van der Waals surface area contributed by atoms with Crippen LogP contribution in [0.3, 0.4) is 0 Å². The van der Waals surface area contributed by atoms with Crippen molar-refractivity contribution in [2.24, 2.45) is 0 Å². The average molecular weight is 663 g/mol. The van der Waals surface area contributed by atoms with Crippen LogP contribution in [0.2, 0.25) is 0 Å². The Labute approximate surface area is 260 Å². The first-order valence-electron chi connectivity index (χ1n) is 13.6. The minimum absolute atomic E-state index is 0.0999. The minimum atomic E-state index is -5.32. The van der Waals surface area contributed by atoms with Gasteiger partial charge in [-0.05, 0) is 72.0 Å². The SMILES string of the molecule is C=CCCc1cnc(-c2ccc(C(F)(F)Oc3ccc(-c4ccc(-c5cc(F)c(C(F)(F)F)c(F)c5)c(F)c4)c(F)c3)c(F)c2)nc1. The summed E-state index contributed by atoms with van der Waals surface area (Å²) in [5, 5.41) is 0. The van der Waals surface area contributed by atoms with Crippen molar-refractivity contribution in [3.63, 3.8) is 0 Å². The summed E-state index contributed by atoms with van der Waals surface area (Å²) in [4.78, 5) is 8.25. The second-order valence-electron chi connectivity index (χ2n) is 10.2. The summed E-state index contributed by atoms with van der Waals surface area (Å²) in [6, 6.07) is 8.64. The molecule has 0 aliphatic heterocycles. The van der Waals surface area contributed by atoms with Crippen LogP contribution in [0.1, 0.15) is 23.1 Å². The zero-order valence-corrected chi connectivity index (χ0v) is 23.8. The number of allylic oxidation sites excluding steroid dienone is 1. The molecule has 0 saturated carbocycles. The third kappa shape index (κ3) is 7.13. The molecule has 4 aromatic carbocycles. The predicted molar refractivity (Wildman–Crippen MR) is 153 cm³/mol. The van der Waals surface area contributed by atoms with Gasteiger partial charge in [-0.1, -0.05) is 24.3 Å². The number of nitrogens with zero attached hydrogens (tertiary/aromatic N) is 2. The quantitative estimate of drug-likeness (QED) is 0.116. The maximum absolute atomic E-state index is 15.0. The second kappa shape index (κ2) is 12.9. The smallest absolute Gasteiger partial charge is 0.429 e. The van der Waals surface area contributed by atoms with E-state index in [1.165, 1.54) is 18.5 Å². The Morgan fingerprint density at radius 3 is 1.77 bits per heavy atom. The van der Waals surface area contributed by atoms with Gasteiger partial charge in [-0.2, -0.15) is 22.0 Å². The number of ether oxygens (including phenoxy) is 1. The van der Waals surface area contributed by atoms with Gasteiger partial charge in [-0.25, -0.2) is 31.9 Å². The van der Waals surface area contributed by atoms with Crippen LogP contribution in [0.5, 0.6) is 5.75 Å². The van der Waals surface area contributed by atoms with E-state index in [1.54, 1.807) is 6.08 Å². The Morgan fingerprint density at radius 1 is 0.638 bits per heavy atom. The molecule has 0 atom stereocenters. The molecule has 0 N–H and O–H groups in total. The van der Waals surface area contributed by atoms with Crippen molar-refractivity contribution in [1.29, 1.82) is 0 Å². The molecule has 0 amide bonds. The fourth-order valence-electron chi connectivity index (χ4n) is 4.70. The summed E-state index contributed by atoms with van der Waals surface area (Å²) >= 11 is 0. The molecular weight excluding hydrogens is 642 g/mol. The number of aryl methyl sites for hydroxylation is 1. The number of alkyl halides is 5. The van der Waals surface area contributed by atoms with Crippen molar-refractivity contribution in [2.75, 3.05) is 0 Å². The van der Waals surface area contributed by atoms with Crippen LogP contribution in [0, 0.1) is 29.1 Å². The van der Waals surface area contributed by atoms with Crippen LogP contribution in [0.25, 0.3) is 33.6 Å². The molecule has 0 spiro atoms. The van der Waals surface area contributed by atoms with Crippen LogP contribution < -0.4 is 4.74 Å². The highest BCUT2D eigenvalue weighted by molar-refractivity contribution is 5.72. The fourth-order valence-corrected chi connectivity index (χ4v) is 4.70. The molecule has 47 heavy (non-hydrogen) atoms. The third-order valence-electron chi connectivity index (χ3n) is 6.99. The van der Waals surface area contributed by atoms with E-state index in [4.69, 9.17) is 0 Å². The van der Waals surface area contributed by atoms with E-state index in [2.05, 4.69) is 21.3 Å². The van der Waals surface area contributed by atoms with Crippen LogP contribution in [0.15, 0.2) is 91.8 Å². The summed E-state index contributed by atoms with van der Waals surface area (Å²) in [6.07, 6.45) is -3.47. The molecule has 242 valence electrons. The minimum Gasteiger partial charge on any atom is -0.429 e. The summed E-state index contributed by atoms with van der Waals surface area (Å²) in [5.41, 5.74) is -3.84. The molecule has 0 aliphatic rings. The lowest BCUT2D eigenvalue weighted by atomic mass is 9.98. The van der Waals surface area contributed by atoms with Crippen LogP contribution in [-0.4, -0.2) is 9.97 Å². The van der Waals surface area contributed by atoms with Gasteiger partial charge in [0, 0.05) is 35.2 Å². The lowest BCUT2D eigenvalue weighted by molar-refractivity contribution is -0.187. The summed E-state index contributed by atoms with van der Waals surface area (Å²) < 4.78 is 146. The molecule has 5 aromatic rings. The zero-order valence-electron chi connectivity index (χ0n) is 23.8. The first-order valence-corrected chi connectivity index (χ1v) is 13.6. The molecule has 0 unspecified atom stereocenters. The van der Waals surface area contributed by atoms with Gasteiger partial charge in [0.05, 0.1) is 5.56 Å². The van der Waals surface area contributed by atoms with Crippen molar-refractivity contribution in [1.82, 2.24) is 9.97 Å². The van der Waals surface area contributed by atoms with Gasteiger partial charge in [-0.3, -0.25) is 0 Å². The first kappa shape index (κ1) is 33.2. The highest BCUT2D eigenvalue weighted by atomic mass is 19.4. The molecule has 0 radical (unpaired) electrons. The molecule has 0 fully saturated rings. The van der Waals surface area contributed by atoms with E-state index in [1.807, 2.05) is 0 Å². The Bertz CT molecular complexity index is 1930. The van der Waals surface area contributed by atoms with E-state index in [0.717, 1.165) is 48.0 Å². The predicted octanol–water partition coefficient (Wildman–Crippen LogP) is 10.4. The zero-order chi connectivity index (χ0) is 34.1. The molecule has 0 saturated heterocycles. The number of benzene rings is 4. The van der Waals surface area contributed by atoms with Gasteiger partial charge < -0.3 is 4.74 Å². The highest BCUT2D eigenvalue weighted by Crippen LogP contribution is 2.39. The van der Waals surface area contributed by atoms with E-state index in [9.17, 15) is 39.5 Å². The summed E-state index contributed by atoms with van der Waals surface area (Å²) in [5.74, 6) is -8.17. The monoisotopic (exact) mass is 662 g/mol. The van der Waals surface area contributed by atoms with Gasteiger partial charge in [0.25, 0.3) is 0 Å². The molecule has 0 aliphatic carbocycles.